The average Bonchev–Trinajstić information content (AvgIpc) is 2.61. The second kappa shape index (κ2) is 7.73. The van der Waals surface area contributed by atoms with Crippen LogP contribution in [0.2, 0.25) is 5.02 Å². The van der Waals surface area contributed by atoms with Gasteiger partial charge in [0.1, 0.15) is 11.6 Å². The molecule has 1 aromatic carbocycles. The molecule has 27 heavy (non-hydrogen) atoms. The Balaban J connectivity index is 1.81. The van der Waals surface area contributed by atoms with Crippen molar-refractivity contribution in [2.45, 2.75) is 38.5 Å². The van der Waals surface area contributed by atoms with Crippen molar-refractivity contribution in [3.05, 3.63) is 46.4 Å². The minimum absolute atomic E-state index is 0.275. The van der Waals surface area contributed by atoms with Gasteiger partial charge in [-0.05, 0) is 44.0 Å². The van der Waals surface area contributed by atoms with E-state index in [1.54, 1.807) is 24.3 Å². The van der Waals surface area contributed by atoms with Gasteiger partial charge in [0, 0.05) is 42.5 Å². The molecule has 1 fully saturated rings. The summed E-state index contributed by atoms with van der Waals surface area (Å²) in [5, 5.41) is 0.523. The highest BCUT2D eigenvalue weighted by Gasteiger charge is 2.30. The van der Waals surface area contributed by atoms with E-state index in [0.29, 0.717) is 37.1 Å². The summed E-state index contributed by atoms with van der Waals surface area (Å²) < 4.78 is 27.3. The van der Waals surface area contributed by atoms with Crippen molar-refractivity contribution in [2.24, 2.45) is 0 Å². The predicted molar refractivity (Wildman–Crippen MR) is 108 cm³/mol. The average molecular weight is 409 g/mol. The van der Waals surface area contributed by atoms with E-state index < -0.39 is 10.0 Å². The zero-order valence-corrected chi connectivity index (χ0v) is 17.7. The van der Waals surface area contributed by atoms with Gasteiger partial charge in [0.15, 0.2) is 0 Å². The Hall–Kier alpha value is -1.70. The Morgan fingerprint density at radius 3 is 2.15 bits per heavy atom. The van der Waals surface area contributed by atoms with Gasteiger partial charge in [-0.2, -0.15) is 4.31 Å². The molecule has 0 radical (unpaired) electrons. The van der Waals surface area contributed by atoms with Crippen LogP contribution in [-0.4, -0.2) is 48.9 Å². The van der Waals surface area contributed by atoms with Crippen molar-refractivity contribution >= 4 is 27.4 Å². The minimum atomic E-state index is -3.51. The maximum atomic E-state index is 12.9. The topological polar surface area (TPSA) is 66.4 Å². The molecule has 1 aliphatic rings. The first-order valence-electron chi connectivity index (χ1n) is 9.06. The van der Waals surface area contributed by atoms with Crippen molar-refractivity contribution in [3.8, 4) is 0 Å². The highest BCUT2D eigenvalue weighted by atomic mass is 35.5. The van der Waals surface area contributed by atoms with Gasteiger partial charge in [0.25, 0.3) is 0 Å². The van der Waals surface area contributed by atoms with E-state index in [1.165, 1.54) is 4.31 Å². The lowest BCUT2D eigenvalue weighted by Gasteiger charge is -2.36. The molecule has 2 heterocycles. The molecule has 1 aliphatic heterocycles. The molecule has 0 unspecified atom stereocenters. The number of hydrogen-bond acceptors (Lipinski definition) is 5. The van der Waals surface area contributed by atoms with E-state index in [-0.39, 0.29) is 4.90 Å². The van der Waals surface area contributed by atoms with E-state index in [2.05, 4.69) is 28.7 Å². The zero-order valence-electron chi connectivity index (χ0n) is 16.1. The highest BCUT2D eigenvalue weighted by molar-refractivity contribution is 7.89. The minimum Gasteiger partial charge on any atom is -0.354 e. The molecule has 3 rings (SSSR count). The predicted octanol–water partition coefficient (Wildman–Crippen LogP) is 3.38. The van der Waals surface area contributed by atoms with Gasteiger partial charge in [-0.15, -0.1) is 0 Å². The molecule has 1 aromatic heterocycles. The first-order valence-corrected chi connectivity index (χ1v) is 10.9. The number of benzene rings is 1. The fraction of sp³-hybridized carbons (Fsp3) is 0.474. The summed E-state index contributed by atoms with van der Waals surface area (Å²) in [6, 6.07) is 6.31. The number of piperazine rings is 1. The molecule has 1 saturated heterocycles. The lowest BCUT2D eigenvalue weighted by atomic mass is 10.0. The summed E-state index contributed by atoms with van der Waals surface area (Å²) in [7, 11) is -3.51. The molecule has 0 bridgehead atoms. The Morgan fingerprint density at radius 2 is 1.59 bits per heavy atom. The van der Waals surface area contributed by atoms with Crippen LogP contribution in [0.4, 0.5) is 5.82 Å². The number of anilines is 1. The van der Waals surface area contributed by atoms with Crippen molar-refractivity contribution in [1.29, 1.82) is 0 Å². The Morgan fingerprint density at radius 1 is 1.00 bits per heavy atom. The molecule has 2 aromatic rings. The van der Waals surface area contributed by atoms with Crippen LogP contribution < -0.4 is 4.90 Å². The largest absolute Gasteiger partial charge is 0.354 e. The van der Waals surface area contributed by atoms with Crippen LogP contribution in [0.5, 0.6) is 0 Å². The maximum absolute atomic E-state index is 12.9. The van der Waals surface area contributed by atoms with Crippen molar-refractivity contribution in [2.75, 3.05) is 31.1 Å². The van der Waals surface area contributed by atoms with Gasteiger partial charge >= 0.3 is 0 Å². The second-order valence-corrected chi connectivity index (χ2v) is 9.47. The van der Waals surface area contributed by atoms with Gasteiger partial charge in [0.2, 0.25) is 10.0 Å². The first kappa shape index (κ1) is 20.0. The van der Waals surface area contributed by atoms with Gasteiger partial charge in [-0.25, -0.2) is 18.4 Å². The van der Waals surface area contributed by atoms with Crippen LogP contribution in [0.3, 0.4) is 0 Å². The number of halogens is 1. The Labute approximate surface area is 166 Å². The third-order valence-corrected chi connectivity index (χ3v) is 6.96. The van der Waals surface area contributed by atoms with Gasteiger partial charge in [0.05, 0.1) is 4.90 Å². The smallest absolute Gasteiger partial charge is 0.243 e. The van der Waals surface area contributed by atoms with Crippen LogP contribution in [0.15, 0.2) is 29.2 Å². The highest BCUT2D eigenvalue weighted by Crippen LogP contribution is 2.29. The Bertz CT molecular complexity index is 921. The zero-order chi connectivity index (χ0) is 19.8. The van der Waals surface area contributed by atoms with E-state index in [0.717, 1.165) is 22.9 Å². The Kier molecular flexibility index (Phi) is 5.74. The summed E-state index contributed by atoms with van der Waals surface area (Å²) in [4.78, 5) is 11.6. The first-order chi connectivity index (χ1) is 12.7. The molecule has 0 aliphatic carbocycles. The third-order valence-electron chi connectivity index (χ3n) is 4.79. The number of rotatable bonds is 4. The van der Waals surface area contributed by atoms with Crippen LogP contribution in [-0.2, 0) is 10.0 Å². The number of hydrogen-bond donors (Lipinski definition) is 0. The normalized spacial score (nSPS) is 16.1. The number of nitrogens with zero attached hydrogens (tertiary/aromatic N) is 4. The van der Waals surface area contributed by atoms with Crippen molar-refractivity contribution in [1.82, 2.24) is 14.3 Å². The van der Waals surface area contributed by atoms with E-state index >= 15 is 0 Å². The molecule has 0 N–H and O–H groups in total. The SMILES string of the molecule is Cc1nc(C)c(C(C)C)c(N2CCN(S(=O)(=O)c3ccc(Cl)cc3)CC2)n1. The number of aryl methyl sites for hydroxylation is 2. The fourth-order valence-electron chi connectivity index (χ4n) is 3.52. The van der Waals surface area contributed by atoms with E-state index in [1.807, 2.05) is 13.8 Å². The summed E-state index contributed by atoms with van der Waals surface area (Å²) >= 11 is 5.87. The quantitative estimate of drug-likeness (QED) is 0.775. The number of sulfonamides is 1. The molecular formula is C19H25ClN4O2S. The summed E-state index contributed by atoms with van der Waals surface area (Å²) in [5.74, 6) is 1.97. The molecule has 6 nitrogen and oxygen atoms in total. The molecule has 8 heteroatoms. The van der Waals surface area contributed by atoms with Crippen molar-refractivity contribution in [3.63, 3.8) is 0 Å². The lowest BCUT2D eigenvalue weighted by molar-refractivity contribution is 0.383. The summed E-state index contributed by atoms with van der Waals surface area (Å²) in [6.07, 6.45) is 0. The van der Waals surface area contributed by atoms with E-state index in [4.69, 9.17) is 11.6 Å². The molecule has 0 amide bonds. The molecule has 146 valence electrons. The summed E-state index contributed by atoms with van der Waals surface area (Å²) in [5.41, 5.74) is 2.12. The van der Waals surface area contributed by atoms with Gasteiger partial charge in [-0.3, -0.25) is 0 Å². The third kappa shape index (κ3) is 4.10. The lowest BCUT2D eigenvalue weighted by Crippen LogP contribution is -2.49. The molecule has 0 atom stereocenters. The van der Waals surface area contributed by atoms with Crippen molar-refractivity contribution < 1.29 is 8.42 Å². The molecule has 0 saturated carbocycles. The number of aromatic nitrogens is 2. The van der Waals surface area contributed by atoms with Gasteiger partial charge < -0.3 is 4.90 Å². The summed E-state index contributed by atoms with van der Waals surface area (Å²) in [6.45, 7) is 10.2. The molecule has 0 spiro atoms. The van der Waals surface area contributed by atoms with E-state index in [9.17, 15) is 8.42 Å². The monoisotopic (exact) mass is 408 g/mol. The van der Waals surface area contributed by atoms with Crippen LogP contribution >= 0.6 is 11.6 Å². The fourth-order valence-corrected chi connectivity index (χ4v) is 5.06. The van der Waals surface area contributed by atoms with Crippen LogP contribution in [0, 0.1) is 13.8 Å². The van der Waals surface area contributed by atoms with Crippen LogP contribution in [0.25, 0.3) is 0 Å². The molecular weight excluding hydrogens is 384 g/mol. The van der Waals surface area contributed by atoms with Crippen LogP contribution in [0.1, 0.15) is 36.8 Å². The second-order valence-electron chi connectivity index (χ2n) is 7.09. The maximum Gasteiger partial charge on any atom is 0.243 e. The van der Waals surface area contributed by atoms with Gasteiger partial charge in [-0.1, -0.05) is 25.4 Å². The standard InChI is InChI=1S/C19H25ClN4O2S/c1-13(2)18-14(3)21-15(4)22-19(18)23-9-11-24(12-10-23)27(25,26)17-7-5-16(20)6-8-17/h5-8,13H,9-12H2,1-4H3.